The monoisotopic (exact) mass is 519 g/mol. The number of benzene rings is 1. The van der Waals surface area contributed by atoms with E-state index in [1.807, 2.05) is 13.8 Å². The number of phenolic OH excluding ortho intramolecular Hbond substituents is 1. The molecular formula is C26H34BrNO5. The van der Waals surface area contributed by atoms with Gasteiger partial charge in [-0.25, -0.2) is 4.79 Å². The van der Waals surface area contributed by atoms with Gasteiger partial charge in [0.1, 0.15) is 0 Å². The smallest absolute Gasteiger partial charge is 0.336 e. The number of aromatic hydroxyl groups is 1. The molecule has 180 valence electrons. The van der Waals surface area contributed by atoms with Gasteiger partial charge in [-0.15, -0.1) is 0 Å². The van der Waals surface area contributed by atoms with E-state index in [4.69, 9.17) is 9.47 Å². The second-order valence-corrected chi connectivity index (χ2v) is 10.4. The SMILES string of the molecule is CCCCCOC(=O)C1=C(C)NC2=C(C(=O)CC(C)(C)C2)[C@@H]1c1cc(Br)c(O)c(OCC)c1. The lowest BCUT2D eigenvalue weighted by Gasteiger charge is -2.39. The first kappa shape index (κ1) is 25.3. The summed E-state index contributed by atoms with van der Waals surface area (Å²) in [6.45, 7) is 10.6. The molecule has 0 fully saturated rings. The van der Waals surface area contributed by atoms with Crippen LogP contribution in [0.4, 0.5) is 0 Å². The van der Waals surface area contributed by atoms with Crippen LogP contribution >= 0.6 is 15.9 Å². The van der Waals surface area contributed by atoms with Crippen molar-refractivity contribution >= 4 is 27.7 Å². The predicted octanol–water partition coefficient (Wildman–Crippen LogP) is 5.89. The van der Waals surface area contributed by atoms with Crippen LogP contribution in [0, 0.1) is 5.41 Å². The fraction of sp³-hybridized carbons (Fsp3) is 0.538. The molecule has 0 amide bonds. The lowest BCUT2D eigenvalue weighted by molar-refractivity contribution is -0.139. The van der Waals surface area contributed by atoms with E-state index < -0.39 is 11.9 Å². The molecule has 6 nitrogen and oxygen atoms in total. The van der Waals surface area contributed by atoms with Gasteiger partial charge in [0.25, 0.3) is 0 Å². The van der Waals surface area contributed by atoms with Crippen LogP contribution in [0.25, 0.3) is 0 Å². The zero-order chi connectivity index (χ0) is 24.3. The Labute approximate surface area is 204 Å². The molecule has 0 aromatic heterocycles. The molecule has 1 aliphatic carbocycles. The molecule has 0 bridgehead atoms. The van der Waals surface area contributed by atoms with Gasteiger partial charge in [-0.2, -0.15) is 0 Å². The highest BCUT2D eigenvalue weighted by molar-refractivity contribution is 9.10. The van der Waals surface area contributed by atoms with E-state index in [2.05, 4.69) is 42.0 Å². The molecule has 0 saturated carbocycles. The first-order chi connectivity index (χ1) is 15.6. The second kappa shape index (κ2) is 10.3. The first-order valence-corrected chi connectivity index (χ1v) is 12.4. The number of ether oxygens (including phenoxy) is 2. The highest BCUT2D eigenvalue weighted by Gasteiger charge is 2.43. The number of unbranched alkanes of at least 4 members (excludes halogenated alkanes) is 2. The van der Waals surface area contributed by atoms with Crippen LogP contribution in [0.3, 0.4) is 0 Å². The predicted molar refractivity (Wildman–Crippen MR) is 131 cm³/mol. The maximum absolute atomic E-state index is 13.4. The summed E-state index contributed by atoms with van der Waals surface area (Å²) in [5.74, 6) is -0.708. The Bertz CT molecular complexity index is 1010. The molecule has 1 heterocycles. The van der Waals surface area contributed by atoms with E-state index in [-0.39, 0.29) is 16.9 Å². The van der Waals surface area contributed by atoms with Crippen LogP contribution in [0.15, 0.2) is 39.1 Å². The van der Waals surface area contributed by atoms with Gasteiger partial charge in [0.05, 0.1) is 23.3 Å². The van der Waals surface area contributed by atoms with Crippen molar-refractivity contribution in [2.75, 3.05) is 13.2 Å². The maximum atomic E-state index is 13.4. The van der Waals surface area contributed by atoms with Gasteiger partial charge in [0.15, 0.2) is 17.3 Å². The zero-order valence-corrected chi connectivity index (χ0v) is 21.7. The van der Waals surface area contributed by atoms with Crippen molar-refractivity contribution in [2.45, 2.75) is 72.6 Å². The Morgan fingerprint density at radius 2 is 1.97 bits per heavy atom. The number of rotatable bonds is 8. The van der Waals surface area contributed by atoms with Gasteiger partial charge in [-0.05, 0) is 65.7 Å². The molecule has 3 rings (SSSR count). The Hall–Kier alpha value is -2.28. The lowest BCUT2D eigenvalue weighted by atomic mass is 9.68. The Morgan fingerprint density at radius 1 is 1.24 bits per heavy atom. The van der Waals surface area contributed by atoms with Crippen molar-refractivity contribution in [1.29, 1.82) is 0 Å². The van der Waals surface area contributed by atoms with E-state index in [9.17, 15) is 14.7 Å². The van der Waals surface area contributed by atoms with Crippen molar-refractivity contribution in [2.24, 2.45) is 5.41 Å². The van der Waals surface area contributed by atoms with Gasteiger partial charge < -0.3 is 19.9 Å². The van der Waals surface area contributed by atoms with Crippen molar-refractivity contribution in [1.82, 2.24) is 5.32 Å². The highest BCUT2D eigenvalue weighted by atomic mass is 79.9. The first-order valence-electron chi connectivity index (χ1n) is 11.7. The summed E-state index contributed by atoms with van der Waals surface area (Å²) in [5.41, 5.74) is 3.09. The van der Waals surface area contributed by atoms with E-state index in [0.717, 1.165) is 25.0 Å². The number of carbonyl (C=O) groups is 2. The third kappa shape index (κ3) is 5.45. The van der Waals surface area contributed by atoms with Crippen LogP contribution in [-0.4, -0.2) is 30.1 Å². The van der Waals surface area contributed by atoms with Crippen LogP contribution in [0.2, 0.25) is 0 Å². The Morgan fingerprint density at radius 3 is 2.64 bits per heavy atom. The fourth-order valence-corrected chi connectivity index (χ4v) is 5.12. The van der Waals surface area contributed by atoms with Gasteiger partial charge in [0.2, 0.25) is 0 Å². The Kier molecular flexibility index (Phi) is 7.93. The second-order valence-electron chi connectivity index (χ2n) is 9.56. The summed E-state index contributed by atoms with van der Waals surface area (Å²) in [4.78, 5) is 26.7. The Balaban J connectivity index is 2.12. The topological polar surface area (TPSA) is 84.9 Å². The summed E-state index contributed by atoms with van der Waals surface area (Å²) in [5, 5.41) is 13.8. The van der Waals surface area contributed by atoms with Gasteiger partial charge in [0, 0.05) is 29.3 Å². The van der Waals surface area contributed by atoms with Crippen molar-refractivity contribution in [3.05, 3.63) is 44.7 Å². The van der Waals surface area contributed by atoms with E-state index >= 15 is 0 Å². The van der Waals surface area contributed by atoms with Gasteiger partial charge in [-0.3, -0.25) is 4.79 Å². The molecule has 0 unspecified atom stereocenters. The van der Waals surface area contributed by atoms with Crippen LogP contribution in [0.1, 0.15) is 78.2 Å². The fourth-order valence-electron chi connectivity index (χ4n) is 4.66. The number of carbonyl (C=O) groups excluding carboxylic acids is 2. The molecule has 2 N–H and O–H groups in total. The van der Waals surface area contributed by atoms with Gasteiger partial charge in [-0.1, -0.05) is 33.6 Å². The number of esters is 1. The summed E-state index contributed by atoms with van der Waals surface area (Å²) in [6.07, 6.45) is 3.93. The molecule has 0 radical (unpaired) electrons. The number of nitrogens with one attached hydrogen (secondary N) is 1. The average Bonchev–Trinajstić information content (AvgIpc) is 2.72. The molecule has 1 aromatic rings. The number of dihydropyridines is 1. The number of halogens is 1. The number of hydrogen-bond donors (Lipinski definition) is 2. The standard InChI is InChI=1S/C26H34BrNO5/c1-6-8-9-10-33-25(31)21-15(3)28-18-13-26(4,5)14-19(29)23(18)22(21)16-11-17(27)24(30)20(12-16)32-7-2/h11-12,22,28,30H,6-10,13-14H2,1-5H3/t22-/m1/s1. The lowest BCUT2D eigenvalue weighted by Crippen LogP contribution is -2.38. The molecular weight excluding hydrogens is 486 g/mol. The summed E-state index contributed by atoms with van der Waals surface area (Å²) >= 11 is 3.41. The quantitative estimate of drug-likeness (QED) is 0.329. The minimum absolute atomic E-state index is 0.00997. The summed E-state index contributed by atoms with van der Waals surface area (Å²) in [6, 6.07) is 3.47. The normalized spacial score (nSPS) is 19.8. The molecule has 1 aromatic carbocycles. The summed E-state index contributed by atoms with van der Waals surface area (Å²) < 4.78 is 11.7. The van der Waals surface area contributed by atoms with Crippen LogP contribution < -0.4 is 10.1 Å². The van der Waals surface area contributed by atoms with Crippen molar-refractivity contribution in [3.63, 3.8) is 0 Å². The van der Waals surface area contributed by atoms with Crippen molar-refractivity contribution < 1.29 is 24.2 Å². The molecule has 1 aliphatic heterocycles. The maximum Gasteiger partial charge on any atom is 0.336 e. The molecule has 0 spiro atoms. The minimum atomic E-state index is -0.598. The van der Waals surface area contributed by atoms with E-state index in [0.29, 0.717) is 58.7 Å². The van der Waals surface area contributed by atoms with Gasteiger partial charge >= 0.3 is 5.97 Å². The third-order valence-electron chi connectivity index (χ3n) is 6.12. The number of Topliss-reactive ketones (excluding diaryl/α,β-unsaturated/α-hetero) is 1. The van der Waals surface area contributed by atoms with E-state index in [1.54, 1.807) is 12.1 Å². The van der Waals surface area contributed by atoms with E-state index in [1.165, 1.54) is 0 Å². The van der Waals surface area contributed by atoms with Crippen LogP contribution in [-0.2, 0) is 14.3 Å². The van der Waals surface area contributed by atoms with Crippen molar-refractivity contribution in [3.8, 4) is 11.5 Å². The molecule has 2 aliphatic rings. The van der Waals surface area contributed by atoms with Crippen LogP contribution in [0.5, 0.6) is 11.5 Å². The number of hydrogen-bond acceptors (Lipinski definition) is 6. The largest absolute Gasteiger partial charge is 0.503 e. The third-order valence-corrected chi connectivity index (χ3v) is 6.73. The average molecular weight is 520 g/mol. The number of allylic oxidation sites excluding steroid dienone is 3. The minimum Gasteiger partial charge on any atom is -0.503 e. The molecule has 0 saturated heterocycles. The highest BCUT2D eigenvalue weighted by Crippen LogP contribution is 2.49. The molecule has 33 heavy (non-hydrogen) atoms. The molecule has 1 atom stereocenters. The zero-order valence-electron chi connectivity index (χ0n) is 20.1. The number of ketones is 1. The molecule has 7 heteroatoms. The summed E-state index contributed by atoms with van der Waals surface area (Å²) in [7, 11) is 0. The number of phenols is 1.